The van der Waals surface area contributed by atoms with Gasteiger partial charge in [-0.25, -0.2) is 4.79 Å². The Morgan fingerprint density at radius 3 is 2.47 bits per heavy atom. The topological polar surface area (TPSA) is 140 Å². The summed E-state index contributed by atoms with van der Waals surface area (Å²) in [5, 5.41) is 22.3. The molecule has 2 aromatic carbocycles. The normalized spacial score (nSPS) is 16.9. The molecule has 1 aliphatic heterocycles. The Kier molecular flexibility index (Phi) is 6.60. The van der Waals surface area contributed by atoms with Crippen LogP contribution < -0.4 is 4.90 Å². The average molecular weight is 487 g/mol. The summed E-state index contributed by atoms with van der Waals surface area (Å²) in [4.78, 5) is 54.8. The molecule has 3 aromatic rings. The Bertz CT molecular complexity index is 1400. The van der Waals surface area contributed by atoms with Crippen molar-refractivity contribution in [3.05, 3.63) is 105 Å². The van der Waals surface area contributed by atoms with Crippen LogP contribution in [0.25, 0.3) is 5.76 Å². The minimum Gasteiger partial charge on any atom is -0.507 e. The summed E-state index contributed by atoms with van der Waals surface area (Å²) in [5.74, 6) is -3.09. The summed E-state index contributed by atoms with van der Waals surface area (Å²) in [5.41, 5.74) is 0.268. The van der Waals surface area contributed by atoms with Crippen LogP contribution in [0.1, 0.15) is 41.4 Å². The van der Waals surface area contributed by atoms with Gasteiger partial charge in [0.25, 0.3) is 17.4 Å². The zero-order valence-electron chi connectivity index (χ0n) is 19.3. The highest BCUT2D eigenvalue weighted by Crippen LogP contribution is 2.42. The predicted octanol–water partition coefficient (Wildman–Crippen LogP) is 4.18. The molecule has 4 rings (SSSR count). The van der Waals surface area contributed by atoms with E-state index in [1.807, 2.05) is 0 Å². The minimum atomic E-state index is -1.10. The summed E-state index contributed by atoms with van der Waals surface area (Å²) < 4.78 is 5.24. The number of carbonyl (C=O) groups excluding carboxylic acids is 3. The zero-order valence-corrected chi connectivity index (χ0v) is 19.3. The Labute approximate surface area is 205 Å². The molecule has 0 aliphatic carbocycles. The first-order valence-corrected chi connectivity index (χ1v) is 11.0. The largest absolute Gasteiger partial charge is 0.507 e. The van der Waals surface area contributed by atoms with Crippen LogP contribution >= 0.6 is 0 Å². The first-order valence-electron chi connectivity index (χ1n) is 11.0. The van der Waals surface area contributed by atoms with Gasteiger partial charge in [-0.3, -0.25) is 29.6 Å². The molecule has 36 heavy (non-hydrogen) atoms. The molecule has 182 valence electrons. The first kappa shape index (κ1) is 24.3. The minimum absolute atomic E-state index is 0.00496. The number of esters is 1. The fourth-order valence-electron chi connectivity index (χ4n) is 3.94. The smallest absolute Gasteiger partial charge is 0.338 e. The van der Waals surface area contributed by atoms with Crippen LogP contribution in [0.3, 0.4) is 0 Å². The van der Waals surface area contributed by atoms with Gasteiger partial charge in [0, 0.05) is 35.8 Å². The van der Waals surface area contributed by atoms with E-state index < -0.39 is 34.4 Å². The molecule has 1 fully saturated rings. The number of Topliss-reactive ketones (excluding diaryl/α,β-unsaturated/α-hetero) is 1. The van der Waals surface area contributed by atoms with Crippen LogP contribution in [-0.2, 0) is 14.3 Å². The second kappa shape index (κ2) is 9.79. The number of anilines is 1. The Morgan fingerprint density at radius 1 is 1.08 bits per heavy atom. The van der Waals surface area contributed by atoms with Crippen molar-refractivity contribution < 1.29 is 29.2 Å². The lowest BCUT2D eigenvalue weighted by atomic mass is 9.96. The maximum absolute atomic E-state index is 13.3. The molecular weight excluding hydrogens is 466 g/mol. The Balaban J connectivity index is 1.89. The van der Waals surface area contributed by atoms with Crippen molar-refractivity contribution in [1.29, 1.82) is 0 Å². The number of carbonyl (C=O) groups is 3. The molecule has 10 nitrogen and oxygen atoms in total. The molecule has 0 saturated carbocycles. The molecule has 1 saturated heterocycles. The number of benzene rings is 2. The highest BCUT2D eigenvalue weighted by molar-refractivity contribution is 6.51. The van der Waals surface area contributed by atoms with Crippen LogP contribution in [0, 0.1) is 10.1 Å². The summed E-state index contributed by atoms with van der Waals surface area (Å²) >= 11 is 0. The van der Waals surface area contributed by atoms with Gasteiger partial charge in [0.05, 0.1) is 28.2 Å². The molecule has 1 atom stereocenters. The van der Waals surface area contributed by atoms with Gasteiger partial charge in [-0.05, 0) is 43.7 Å². The van der Waals surface area contributed by atoms with Crippen molar-refractivity contribution in [3.8, 4) is 0 Å². The maximum atomic E-state index is 13.3. The number of ketones is 1. The van der Waals surface area contributed by atoms with E-state index in [4.69, 9.17) is 4.74 Å². The highest BCUT2D eigenvalue weighted by atomic mass is 16.6. The molecule has 10 heteroatoms. The second-order valence-corrected chi connectivity index (χ2v) is 8.27. The first-order chi connectivity index (χ1) is 17.2. The molecule has 1 aromatic heterocycles. The number of aromatic nitrogens is 1. The van der Waals surface area contributed by atoms with E-state index in [1.54, 1.807) is 38.1 Å². The predicted molar refractivity (Wildman–Crippen MR) is 129 cm³/mol. The number of aliphatic hydroxyl groups excluding tert-OH is 1. The number of amides is 1. The summed E-state index contributed by atoms with van der Waals surface area (Å²) in [7, 11) is 0. The third kappa shape index (κ3) is 4.56. The number of nitro groups is 1. The number of pyridine rings is 1. The summed E-state index contributed by atoms with van der Waals surface area (Å²) in [6.07, 6.45) is 2.60. The van der Waals surface area contributed by atoms with Gasteiger partial charge >= 0.3 is 5.97 Å². The number of rotatable bonds is 6. The third-order valence-corrected chi connectivity index (χ3v) is 5.48. The molecule has 2 heterocycles. The second-order valence-electron chi connectivity index (χ2n) is 8.27. The fourth-order valence-corrected chi connectivity index (χ4v) is 3.94. The van der Waals surface area contributed by atoms with Crippen LogP contribution in [0.15, 0.2) is 78.6 Å². The standard InChI is InChI=1S/C26H21N3O7/c1-15(2)36-26(33)17-7-4-9-19(13-17)28-22(18-8-5-11-27-14-18)21(24(31)25(28)32)23(30)16-6-3-10-20(12-16)29(34)35/h3-15,22,30H,1-2H3/b23-21-. The van der Waals surface area contributed by atoms with E-state index in [0.29, 0.717) is 5.56 Å². The summed E-state index contributed by atoms with van der Waals surface area (Å²) in [6, 6.07) is 13.3. The molecule has 0 radical (unpaired) electrons. The van der Waals surface area contributed by atoms with Crippen molar-refractivity contribution in [3.63, 3.8) is 0 Å². The monoisotopic (exact) mass is 487 g/mol. The van der Waals surface area contributed by atoms with E-state index in [0.717, 1.165) is 11.0 Å². The third-order valence-electron chi connectivity index (χ3n) is 5.48. The van der Waals surface area contributed by atoms with E-state index in [1.165, 1.54) is 42.7 Å². The number of hydrogen-bond acceptors (Lipinski definition) is 8. The number of non-ortho nitro benzene ring substituents is 1. The molecular formula is C26H21N3O7. The lowest BCUT2D eigenvalue weighted by Crippen LogP contribution is -2.29. The van der Waals surface area contributed by atoms with Crippen molar-refractivity contribution >= 4 is 34.8 Å². The van der Waals surface area contributed by atoms with E-state index in [9.17, 15) is 29.6 Å². The lowest BCUT2D eigenvalue weighted by Gasteiger charge is -2.25. The van der Waals surface area contributed by atoms with Crippen molar-refractivity contribution in [2.24, 2.45) is 0 Å². The lowest BCUT2D eigenvalue weighted by molar-refractivity contribution is -0.384. The van der Waals surface area contributed by atoms with Gasteiger partial charge in [0.2, 0.25) is 0 Å². The van der Waals surface area contributed by atoms with Crippen LogP contribution in [0.5, 0.6) is 0 Å². The van der Waals surface area contributed by atoms with Gasteiger partial charge in [0.15, 0.2) is 0 Å². The van der Waals surface area contributed by atoms with E-state index in [-0.39, 0.29) is 34.2 Å². The quantitative estimate of drug-likeness (QED) is 0.136. The maximum Gasteiger partial charge on any atom is 0.338 e. The van der Waals surface area contributed by atoms with Gasteiger partial charge in [0.1, 0.15) is 5.76 Å². The van der Waals surface area contributed by atoms with Crippen LogP contribution in [0.2, 0.25) is 0 Å². The van der Waals surface area contributed by atoms with Crippen LogP contribution in [0.4, 0.5) is 11.4 Å². The van der Waals surface area contributed by atoms with E-state index in [2.05, 4.69) is 4.98 Å². The highest BCUT2D eigenvalue weighted by Gasteiger charge is 2.47. The molecule has 1 N–H and O–H groups in total. The number of nitro benzene ring substituents is 1. The Morgan fingerprint density at radius 2 is 1.81 bits per heavy atom. The fraction of sp³-hybridized carbons (Fsp3) is 0.154. The SMILES string of the molecule is CC(C)OC(=O)c1cccc(N2C(=O)C(=O)/C(=C(\O)c3cccc([N+](=O)[O-])c3)C2c2cccnc2)c1. The molecule has 0 spiro atoms. The number of ether oxygens (including phenoxy) is 1. The van der Waals surface area contributed by atoms with Gasteiger partial charge in [-0.1, -0.05) is 24.3 Å². The average Bonchev–Trinajstić information content (AvgIpc) is 3.14. The molecule has 0 bridgehead atoms. The molecule has 1 aliphatic rings. The number of hydrogen-bond donors (Lipinski definition) is 1. The zero-order chi connectivity index (χ0) is 26.0. The van der Waals surface area contributed by atoms with Gasteiger partial charge in [-0.15, -0.1) is 0 Å². The van der Waals surface area contributed by atoms with Crippen molar-refractivity contribution in [1.82, 2.24) is 4.98 Å². The molecule has 1 unspecified atom stereocenters. The number of nitrogens with zero attached hydrogens (tertiary/aromatic N) is 3. The van der Waals surface area contributed by atoms with Crippen molar-refractivity contribution in [2.75, 3.05) is 4.90 Å². The van der Waals surface area contributed by atoms with Crippen molar-refractivity contribution in [2.45, 2.75) is 26.0 Å². The van der Waals surface area contributed by atoms with Gasteiger partial charge < -0.3 is 9.84 Å². The van der Waals surface area contributed by atoms with Gasteiger partial charge in [-0.2, -0.15) is 0 Å². The molecule has 1 amide bonds. The van der Waals surface area contributed by atoms with E-state index >= 15 is 0 Å². The Hall–Kier alpha value is -4.86. The number of aliphatic hydroxyl groups is 1. The summed E-state index contributed by atoms with van der Waals surface area (Å²) in [6.45, 7) is 3.41. The van der Waals surface area contributed by atoms with Crippen LogP contribution in [-0.4, -0.2) is 38.8 Å².